The molecule has 0 bridgehead atoms. The molecule has 3 rings (SSSR count). The summed E-state index contributed by atoms with van der Waals surface area (Å²) in [6.45, 7) is 0. The van der Waals surface area contributed by atoms with E-state index in [4.69, 9.17) is 4.74 Å². The minimum atomic E-state index is -0.318. The third-order valence-corrected chi connectivity index (χ3v) is 4.92. The Bertz CT molecular complexity index is 536. The van der Waals surface area contributed by atoms with E-state index in [0.29, 0.717) is 0 Å². The SMILES string of the molecule is COC1(Cc2cccc(C3(N=C=O)CCCC3)c2)CC1. The fraction of sp³-hybridized carbons (Fsp3) is 0.588. The molecular formula is C17H21NO2. The molecule has 2 fully saturated rings. The summed E-state index contributed by atoms with van der Waals surface area (Å²) >= 11 is 0. The standard InChI is InChI=1S/C17H21NO2/c1-20-16(9-10-16)12-14-5-4-6-15(11-14)17(18-13-19)7-2-3-8-17/h4-6,11H,2-3,7-10,12H2,1H3. The summed E-state index contributed by atoms with van der Waals surface area (Å²) in [5.74, 6) is 0. The molecule has 2 aliphatic rings. The van der Waals surface area contributed by atoms with E-state index in [2.05, 4.69) is 29.3 Å². The lowest BCUT2D eigenvalue weighted by atomic mass is 9.87. The number of nitrogens with zero attached hydrogens (tertiary/aromatic N) is 1. The molecule has 1 aromatic rings. The van der Waals surface area contributed by atoms with Crippen molar-refractivity contribution < 1.29 is 9.53 Å². The van der Waals surface area contributed by atoms with Crippen molar-refractivity contribution in [3.63, 3.8) is 0 Å². The van der Waals surface area contributed by atoms with Crippen molar-refractivity contribution in [3.8, 4) is 0 Å². The van der Waals surface area contributed by atoms with E-state index in [0.717, 1.165) is 44.9 Å². The first kappa shape index (κ1) is 13.5. The number of ether oxygens (including phenoxy) is 1. The molecule has 0 amide bonds. The van der Waals surface area contributed by atoms with E-state index < -0.39 is 0 Å². The van der Waals surface area contributed by atoms with Crippen molar-refractivity contribution in [3.05, 3.63) is 35.4 Å². The van der Waals surface area contributed by atoms with Gasteiger partial charge in [0, 0.05) is 13.5 Å². The zero-order valence-corrected chi connectivity index (χ0v) is 12.0. The van der Waals surface area contributed by atoms with Crippen LogP contribution in [-0.4, -0.2) is 18.8 Å². The van der Waals surface area contributed by atoms with Gasteiger partial charge in [0.25, 0.3) is 0 Å². The van der Waals surface area contributed by atoms with E-state index >= 15 is 0 Å². The number of aliphatic imine (C=N–C) groups is 1. The predicted molar refractivity (Wildman–Crippen MR) is 77.4 cm³/mol. The van der Waals surface area contributed by atoms with Gasteiger partial charge in [-0.05, 0) is 36.8 Å². The minimum absolute atomic E-state index is 0.0649. The van der Waals surface area contributed by atoms with Crippen LogP contribution in [0, 0.1) is 0 Å². The second kappa shape index (κ2) is 5.16. The maximum absolute atomic E-state index is 10.8. The zero-order chi connectivity index (χ0) is 14.1. The Morgan fingerprint density at radius 1 is 1.25 bits per heavy atom. The van der Waals surface area contributed by atoms with Crippen molar-refractivity contribution in [2.24, 2.45) is 4.99 Å². The van der Waals surface area contributed by atoms with Crippen molar-refractivity contribution in [2.45, 2.75) is 56.1 Å². The highest BCUT2D eigenvalue weighted by Gasteiger charge is 2.43. The second-order valence-corrected chi connectivity index (χ2v) is 6.21. The van der Waals surface area contributed by atoms with E-state index in [9.17, 15) is 4.79 Å². The van der Waals surface area contributed by atoms with Crippen LogP contribution in [0.4, 0.5) is 0 Å². The summed E-state index contributed by atoms with van der Waals surface area (Å²) in [5.41, 5.74) is 2.20. The van der Waals surface area contributed by atoms with Gasteiger partial charge >= 0.3 is 0 Å². The number of rotatable bonds is 5. The van der Waals surface area contributed by atoms with E-state index in [1.807, 2.05) is 0 Å². The van der Waals surface area contributed by atoms with Gasteiger partial charge in [-0.15, -0.1) is 0 Å². The lowest BCUT2D eigenvalue weighted by Gasteiger charge is -2.24. The average molecular weight is 271 g/mol. The average Bonchev–Trinajstić information content (AvgIpc) is 3.08. The van der Waals surface area contributed by atoms with Crippen LogP contribution in [0.15, 0.2) is 29.3 Å². The topological polar surface area (TPSA) is 38.7 Å². The zero-order valence-electron chi connectivity index (χ0n) is 12.0. The molecule has 0 saturated heterocycles. The third kappa shape index (κ3) is 2.44. The van der Waals surface area contributed by atoms with Gasteiger partial charge in [0.05, 0.1) is 11.1 Å². The number of hydrogen-bond acceptors (Lipinski definition) is 3. The van der Waals surface area contributed by atoms with Gasteiger partial charge in [-0.3, -0.25) is 0 Å². The second-order valence-electron chi connectivity index (χ2n) is 6.21. The molecule has 0 radical (unpaired) electrons. The lowest BCUT2D eigenvalue weighted by molar-refractivity contribution is 0.0807. The highest BCUT2D eigenvalue weighted by atomic mass is 16.5. The molecule has 2 saturated carbocycles. The summed E-state index contributed by atoms with van der Waals surface area (Å²) in [6.07, 6.45) is 9.23. The van der Waals surface area contributed by atoms with E-state index in [1.54, 1.807) is 13.2 Å². The van der Waals surface area contributed by atoms with Crippen LogP contribution < -0.4 is 0 Å². The molecule has 1 aromatic carbocycles. The van der Waals surface area contributed by atoms with Crippen molar-refractivity contribution in [1.29, 1.82) is 0 Å². The number of benzene rings is 1. The summed E-state index contributed by atoms with van der Waals surface area (Å²) in [7, 11) is 1.80. The fourth-order valence-corrected chi connectivity index (χ4v) is 3.45. The van der Waals surface area contributed by atoms with Gasteiger partial charge < -0.3 is 4.74 Å². The molecule has 3 nitrogen and oxygen atoms in total. The van der Waals surface area contributed by atoms with Gasteiger partial charge in [-0.1, -0.05) is 37.1 Å². The normalized spacial score (nSPS) is 22.2. The van der Waals surface area contributed by atoms with Crippen molar-refractivity contribution >= 4 is 6.08 Å². The molecule has 106 valence electrons. The number of methoxy groups -OCH3 is 1. The largest absolute Gasteiger partial charge is 0.378 e. The Kier molecular flexibility index (Phi) is 3.49. The van der Waals surface area contributed by atoms with Crippen LogP contribution in [0.3, 0.4) is 0 Å². The number of isocyanates is 1. The molecule has 0 spiro atoms. The first-order valence-corrected chi connectivity index (χ1v) is 7.46. The molecule has 0 heterocycles. The molecular weight excluding hydrogens is 250 g/mol. The number of carbonyl (C=O) groups excluding carboxylic acids is 1. The quantitative estimate of drug-likeness (QED) is 0.607. The van der Waals surface area contributed by atoms with Gasteiger partial charge in [-0.25, -0.2) is 4.79 Å². The molecule has 20 heavy (non-hydrogen) atoms. The van der Waals surface area contributed by atoms with Crippen LogP contribution in [0.5, 0.6) is 0 Å². The lowest BCUT2D eigenvalue weighted by Crippen LogP contribution is -2.20. The first-order chi connectivity index (χ1) is 9.72. The Morgan fingerprint density at radius 2 is 2.00 bits per heavy atom. The van der Waals surface area contributed by atoms with Gasteiger partial charge in [-0.2, -0.15) is 4.99 Å². The Hall–Kier alpha value is -1.44. The summed E-state index contributed by atoms with van der Waals surface area (Å²) in [4.78, 5) is 15.0. The first-order valence-electron chi connectivity index (χ1n) is 7.46. The molecule has 2 aliphatic carbocycles. The molecule has 0 N–H and O–H groups in total. The van der Waals surface area contributed by atoms with Crippen LogP contribution >= 0.6 is 0 Å². The van der Waals surface area contributed by atoms with Crippen LogP contribution in [-0.2, 0) is 21.5 Å². The van der Waals surface area contributed by atoms with Gasteiger partial charge in [0.1, 0.15) is 0 Å². The molecule has 0 atom stereocenters. The summed E-state index contributed by atoms with van der Waals surface area (Å²) in [6, 6.07) is 8.54. The third-order valence-electron chi connectivity index (χ3n) is 4.92. The van der Waals surface area contributed by atoms with Crippen LogP contribution in [0.25, 0.3) is 0 Å². The van der Waals surface area contributed by atoms with Crippen LogP contribution in [0.2, 0.25) is 0 Å². The summed E-state index contributed by atoms with van der Waals surface area (Å²) < 4.78 is 5.60. The van der Waals surface area contributed by atoms with Gasteiger partial charge in [0.15, 0.2) is 0 Å². The Labute approximate surface area is 120 Å². The van der Waals surface area contributed by atoms with Crippen molar-refractivity contribution in [1.82, 2.24) is 0 Å². The molecule has 0 aliphatic heterocycles. The molecule has 0 aromatic heterocycles. The Balaban J connectivity index is 1.88. The van der Waals surface area contributed by atoms with Crippen molar-refractivity contribution in [2.75, 3.05) is 7.11 Å². The van der Waals surface area contributed by atoms with Gasteiger partial charge in [0.2, 0.25) is 6.08 Å². The highest BCUT2D eigenvalue weighted by Crippen LogP contribution is 2.44. The number of hydrogen-bond donors (Lipinski definition) is 0. The maximum atomic E-state index is 10.8. The van der Waals surface area contributed by atoms with E-state index in [1.165, 1.54) is 11.1 Å². The maximum Gasteiger partial charge on any atom is 0.235 e. The Morgan fingerprint density at radius 3 is 2.60 bits per heavy atom. The monoisotopic (exact) mass is 271 g/mol. The summed E-state index contributed by atoms with van der Waals surface area (Å²) in [5, 5.41) is 0. The molecule has 0 unspecified atom stereocenters. The fourth-order valence-electron chi connectivity index (χ4n) is 3.45. The minimum Gasteiger partial charge on any atom is -0.378 e. The smallest absolute Gasteiger partial charge is 0.235 e. The molecule has 3 heteroatoms. The van der Waals surface area contributed by atoms with E-state index in [-0.39, 0.29) is 11.1 Å². The van der Waals surface area contributed by atoms with Crippen LogP contribution in [0.1, 0.15) is 49.7 Å². The highest BCUT2D eigenvalue weighted by molar-refractivity contribution is 5.40. The predicted octanol–water partition coefficient (Wildman–Crippen LogP) is 3.51.